The van der Waals surface area contributed by atoms with Gasteiger partial charge in [-0.3, -0.25) is 0 Å². The molecule has 146 valence electrons. The molecule has 1 fully saturated rings. The van der Waals surface area contributed by atoms with Gasteiger partial charge >= 0.3 is 6.03 Å². The predicted octanol–water partition coefficient (Wildman–Crippen LogP) is 2.93. The van der Waals surface area contributed by atoms with E-state index in [4.69, 9.17) is 9.26 Å². The number of aromatic nitrogens is 2. The molecule has 2 heterocycles. The van der Waals surface area contributed by atoms with Crippen molar-refractivity contribution < 1.29 is 18.4 Å². The molecule has 0 spiro atoms. The highest BCUT2D eigenvalue weighted by atomic mass is 19.1. The summed E-state index contributed by atoms with van der Waals surface area (Å²) in [4.78, 5) is 18.6. The molecule has 7 nitrogen and oxygen atoms in total. The third-order valence-electron chi connectivity index (χ3n) is 4.57. The van der Waals surface area contributed by atoms with Gasteiger partial charge in [0.05, 0.1) is 12.6 Å². The monoisotopic (exact) mass is 376 g/mol. The summed E-state index contributed by atoms with van der Waals surface area (Å²) in [5.41, 5.74) is 1.89. The van der Waals surface area contributed by atoms with Gasteiger partial charge in [0.2, 0.25) is 0 Å². The van der Waals surface area contributed by atoms with E-state index >= 15 is 0 Å². The van der Waals surface area contributed by atoms with E-state index in [2.05, 4.69) is 15.5 Å². The predicted molar refractivity (Wildman–Crippen MR) is 96.7 cm³/mol. The van der Waals surface area contributed by atoms with Crippen LogP contribution in [0.2, 0.25) is 0 Å². The molecule has 1 aromatic heterocycles. The molecule has 1 saturated heterocycles. The van der Waals surface area contributed by atoms with Crippen LogP contribution in [-0.2, 0) is 11.2 Å². The summed E-state index contributed by atoms with van der Waals surface area (Å²) < 4.78 is 24.3. The topological polar surface area (TPSA) is 80.5 Å². The first-order chi connectivity index (χ1) is 12.8. The number of nitrogens with one attached hydrogen (secondary N) is 1. The first-order valence-corrected chi connectivity index (χ1v) is 9.08. The molecule has 1 N–H and O–H groups in total. The van der Waals surface area contributed by atoms with Crippen molar-refractivity contribution in [2.45, 2.75) is 52.4 Å². The summed E-state index contributed by atoms with van der Waals surface area (Å²) in [5.74, 6) is 0.663. The third-order valence-corrected chi connectivity index (χ3v) is 4.57. The van der Waals surface area contributed by atoms with Crippen LogP contribution in [-0.4, -0.2) is 46.3 Å². The maximum absolute atomic E-state index is 13.2. The minimum atomic E-state index is -0.435. The molecule has 1 unspecified atom stereocenters. The molecule has 2 amide bonds. The molecule has 0 saturated carbocycles. The maximum Gasteiger partial charge on any atom is 0.317 e. The number of benzene rings is 1. The fourth-order valence-electron chi connectivity index (χ4n) is 3.27. The van der Waals surface area contributed by atoms with Gasteiger partial charge in [0.25, 0.3) is 5.89 Å². The molecule has 3 rings (SSSR count). The van der Waals surface area contributed by atoms with Crippen LogP contribution in [0.3, 0.4) is 0 Å². The standard InChI is InChI=1S/C19H25FN4O3/c1-11-7-16(20)6-5-15(11)8-12(2)21-19(25)24-9-13(3)26-17(10-24)18-22-14(4)23-27-18/h5-7,12-13,17H,8-10H2,1-4H3,(H,21,25)/t12?,13-,17-/m1/s1. The van der Waals surface area contributed by atoms with Gasteiger partial charge in [-0.25, -0.2) is 9.18 Å². The fourth-order valence-corrected chi connectivity index (χ4v) is 3.27. The highest BCUT2D eigenvalue weighted by Gasteiger charge is 2.33. The number of carbonyl (C=O) groups is 1. The second kappa shape index (κ2) is 8.04. The summed E-state index contributed by atoms with van der Waals surface area (Å²) in [7, 11) is 0. The van der Waals surface area contributed by atoms with E-state index in [9.17, 15) is 9.18 Å². The van der Waals surface area contributed by atoms with E-state index < -0.39 is 6.10 Å². The molecule has 1 aliphatic heterocycles. The van der Waals surface area contributed by atoms with Crippen LogP contribution >= 0.6 is 0 Å². The van der Waals surface area contributed by atoms with E-state index in [1.54, 1.807) is 17.9 Å². The Morgan fingerprint density at radius 2 is 2.19 bits per heavy atom. The Morgan fingerprint density at radius 3 is 2.85 bits per heavy atom. The fraction of sp³-hybridized carbons (Fsp3) is 0.526. The number of amides is 2. The average Bonchev–Trinajstić information content (AvgIpc) is 3.03. The summed E-state index contributed by atoms with van der Waals surface area (Å²) in [6.07, 6.45) is 0.0519. The van der Waals surface area contributed by atoms with Crippen LogP contribution in [0, 0.1) is 19.7 Å². The Bertz CT molecular complexity index is 810. The molecule has 2 aromatic rings. The highest BCUT2D eigenvalue weighted by molar-refractivity contribution is 5.74. The molecule has 0 radical (unpaired) electrons. The number of ether oxygens (including phenoxy) is 1. The van der Waals surface area contributed by atoms with Crippen molar-refractivity contribution in [3.05, 3.63) is 46.9 Å². The van der Waals surface area contributed by atoms with Crippen molar-refractivity contribution in [3.63, 3.8) is 0 Å². The first kappa shape index (κ1) is 19.3. The van der Waals surface area contributed by atoms with Crippen molar-refractivity contribution >= 4 is 6.03 Å². The van der Waals surface area contributed by atoms with Gasteiger partial charge in [0.1, 0.15) is 5.82 Å². The van der Waals surface area contributed by atoms with E-state index in [-0.39, 0.29) is 24.0 Å². The van der Waals surface area contributed by atoms with Gasteiger partial charge in [-0.15, -0.1) is 0 Å². The maximum atomic E-state index is 13.2. The molecule has 1 aromatic carbocycles. The Kier molecular flexibility index (Phi) is 5.74. The second-order valence-corrected chi connectivity index (χ2v) is 7.15. The van der Waals surface area contributed by atoms with E-state index in [0.717, 1.165) is 11.1 Å². The normalized spacial score (nSPS) is 21.1. The number of carbonyl (C=O) groups excluding carboxylic acids is 1. The molecule has 0 aliphatic carbocycles. The number of rotatable bonds is 4. The van der Waals surface area contributed by atoms with Gasteiger partial charge in [0, 0.05) is 12.6 Å². The lowest BCUT2D eigenvalue weighted by Crippen LogP contribution is -2.52. The summed E-state index contributed by atoms with van der Waals surface area (Å²) >= 11 is 0. The van der Waals surface area contributed by atoms with Crippen LogP contribution in [0.1, 0.15) is 42.8 Å². The van der Waals surface area contributed by atoms with Gasteiger partial charge in [-0.1, -0.05) is 11.2 Å². The van der Waals surface area contributed by atoms with Crippen molar-refractivity contribution in [1.82, 2.24) is 20.4 Å². The molecule has 3 atom stereocenters. The van der Waals surface area contributed by atoms with Gasteiger partial charge < -0.3 is 19.5 Å². The Morgan fingerprint density at radius 1 is 1.41 bits per heavy atom. The van der Waals surface area contributed by atoms with Crippen LogP contribution in [0.15, 0.2) is 22.7 Å². The van der Waals surface area contributed by atoms with Crippen LogP contribution < -0.4 is 5.32 Å². The lowest BCUT2D eigenvalue weighted by molar-refractivity contribution is -0.0783. The first-order valence-electron chi connectivity index (χ1n) is 9.08. The summed E-state index contributed by atoms with van der Waals surface area (Å²) in [5, 5.41) is 6.79. The van der Waals surface area contributed by atoms with Gasteiger partial charge in [0.15, 0.2) is 11.9 Å². The zero-order valence-electron chi connectivity index (χ0n) is 16.0. The summed E-state index contributed by atoms with van der Waals surface area (Å²) in [6.45, 7) is 8.28. The number of morpholine rings is 1. The summed E-state index contributed by atoms with van der Waals surface area (Å²) in [6, 6.07) is 4.45. The van der Waals surface area contributed by atoms with E-state index in [0.29, 0.717) is 31.2 Å². The van der Waals surface area contributed by atoms with Crippen LogP contribution in [0.5, 0.6) is 0 Å². The smallest absolute Gasteiger partial charge is 0.317 e. The average molecular weight is 376 g/mol. The number of hydrogen-bond acceptors (Lipinski definition) is 5. The zero-order valence-corrected chi connectivity index (χ0v) is 16.0. The largest absolute Gasteiger partial charge is 0.362 e. The number of urea groups is 1. The molecular weight excluding hydrogens is 351 g/mol. The van der Waals surface area contributed by atoms with Gasteiger partial charge in [-0.2, -0.15) is 4.98 Å². The third kappa shape index (κ3) is 4.82. The van der Waals surface area contributed by atoms with E-state index in [1.165, 1.54) is 12.1 Å². The Hall–Kier alpha value is -2.48. The molecule has 8 heteroatoms. The minimum absolute atomic E-state index is 0.0936. The Balaban J connectivity index is 1.60. The number of aryl methyl sites for hydroxylation is 2. The molecular formula is C19H25FN4O3. The lowest BCUT2D eigenvalue weighted by Gasteiger charge is -2.35. The SMILES string of the molecule is Cc1noc([C@H]2CN(C(=O)NC(C)Cc3ccc(F)cc3C)C[C@@H](C)O2)n1. The quantitative estimate of drug-likeness (QED) is 0.887. The van der Waals surface area contributed by atoms with Crippen LogP contribution in [0.4, 0.5) is 9.18 Å². The molecule has 27 heavy (non-hydrogen) atoms. The second-order valence-electron chi connectivity index (χ2n) is 7.15. The van der Waals surface area contributed by atoms with Crippen molar-refractivity contribution in [3.8, 4) is 0 Å². The number of halogens is 1. The zero-order chi connectivity index (χ0) is 19.6. The molecule has 0 bridgehead atoms. The van der Waals surface area contributed by atoms with Crippen molar-refractivity contribution in [1.29, 1.82) is 0 Å². The lowest BCUT2D eigenvalue weighted by atomic mass is 10.0. The van der Waals surface area contributed by atoms with Crippen molar-refractivity contribution in [2.75, 3.05) is 13.1 Å². The van der Waals surface area contributed by atoms with E-state index in [1.807, 2.05) is 20.8 Å². The minimum Gasteiger partial charge on any atom is -0.362 e. The van der Waals surface area contributed by atoms with Crippen LogP contribution in [0.25, 0.3) is 0 Å². The molecule has 1 aliphatic rings. The van der Waals surface area contributed by atoms with Crippen molar-refractivity contribution in [2.24, 2.45) is 0 Å². The highest BCUT2D eigenvalue weighted by Crippen LogP contribution is 2.24. The number of hydrogen-bond donors (Lipinski definition) is 1. The number of nitrogens with zero attached hydrogens (tertiary/aromatic N) is 3. The van der Waals surface area contributed by atoms with Gasteiger partial charge in [-0.05, 0) is 57.4 Å². The Labute approximate surface area is 157 Å².